The fraction of sp³-hybridized carbons (Fsp3) is 0.412. The summed E-state index contributed by atoms with van der Waals surface area (Å²) in [6.45, 7) is 5.96. The molecule has 0 aliphatic carbocycles. The minimum Gasteiger partial charge on any atom is -0.467 e. The summed E-state index contributed by atoms with van der Waals surface area (Å²) in [7, 11) is 1.32. The predicted octanol–water partition coefficient (Wildman–Crippen LogP) is 2.71. The molecule has 0 radical (unpaired) electrons. The maximum absolute atomic E-state index is 11.9. The van der Waals surface area contributed by atoms with Crippen molar-refractivity contribution in [3.05, 3.63) is 41.5 Å². The molecular weight excluding hydrogens is 266 g/mol. The lowest BCUT2D eigenvalue weighted by molar-refractivity contribution is -0.145. The van der Waals surface area contributed by atoms with Crippen molar-refractivity contribution in [2.75, 3.05) is 7.11 Å². The Morgan fingerprint density at radius 3 is 2.52 bits per heavy atom. The molecule has 0 bridgehead atoms. The van der Waals surface area contributed by atoms with E-state index in [-0.39, 0.29) is 11.8 Å². The standard InChI is InChI=1S/C17H23NO3/c1-12(2)11-15(17(20)21-4)18-16(19)10-9-14-8-6-5-7-13(14)3/h5-10,12,15H,11H2,1-4H3,(H,18,19)/b10-9+. The number of benzene rings is 1. The van der Waals surface area contributed by atoms with Gasteiger partial charge in [0.05, 0.1) is 7.11 Å². The van der Waals surface area contributed by atoms with Crippen LogP contribution in [0.4, 0.5) is 0 Å². The van der Waals surface area contributed by atoms with Crippen molar-refractivity contribution in [1.29, 1.82) is 0 Å². The molecule has 0 fully saturated rings. The third-order valence-electron chi connectivity index (χ3n) is 3.11. The molecule has 0 aliphatic rings. The highest BCUT2D eigenvalue weighted by Crippen LogP contribution is 2.09. The summed E-state index contributed by atoms with van der Waals surface area (Å²) in [6.07, 6.45) is 3.74. The molecule has 1 rings (SSSR count). The number of hydrogen-bond acceptors (Lipinski definition) is 3. The monoisotopic (exact) mass is 289 g/mol. The van der Waals surface area contributed by atoms with Gasteiger partial charge in [-0.15, -0.1) is 0 Å². The number of esters is 1. The first-order chi connectivity index (χ1) is 9.93. The zero-order valence-electron chi connectivity index (χ0n) is 13.1. The Morgan fingerprint density at radius 2 is 1.95 bits per heavy atom. The normalized spacial score (nSPS) is 12.4. The van der Waals surface area contributed by atoms with Gasteiger partial charge in [0.2, 0.25) is 5.91 Å². The average Bonchev–Trinajstić information content (AvgIpc) is 2.44. The molecule has 4 heteroatoms. The predicted molar refractivity (Wildman–Crippen MR) is 83.6 cm³/mol. The first-order valence-electron chi connectivity index (χ1n) is 7.06. The number of carbonyl (C=O) groups is 2. The third-order valence-corrected chi connectivity index (χ3v) is 3.11. The van der Waals surface area contributed by atoms with E-state index >= 15 is 0 Å². The maximum Gasteiger partial charge on any atom is 0.328 e. The Bertz CT molecular complexity index is 521. The molecule has 1 amide bonds. The van der Waals surface area contributed by atoms with Crippen LogP contribution in [-0.2, 0) is 14.3 Å². The highest BCUT2D eigenvalue weighted by atomic mass is 16.5. The highest BCUT2D eigenvalue weighted by Gasteiger charge is 2.21. The molecule has 1 atom stereocenters. The van der Waals surface area contributed by atoms with E-state index in [0.717, 1.165) is 11.1 Å². The number of carbonyl (C=O) groups excluding carboxylic acids is 2. The Balaban J connectivity index is 2.70. The highest BCUT2D eigenvalue weighted by molar-refractivity contribution is 5.94. The van der Waals surface area contributed by atoms with Gasteiger partial charge in [-0.25, -0.2) is 4.79 Å². The molecule has 1 unspecified atom stereocenters. The Morgan fingerprint density at radius 1 is 1.29 bits per heavy atom. The summed E-state index contributed by atoms with van der Waals surface area (Å²) in [5, 5.41) is 2.69. The van der Waals surface area contributed by atoms with Gasteiger partial charge < -0.3 is 10.1 Å². The van der Waals surface area contributed by atoms with E-state index in [2.05, 4.69) is 5.32 Å². The fourth-order valence-corrected chi connectivity index (χ4v) is 1.99. The van der Waals surface area contributed by atoms with Crippen LogP contribution in [0, 0.1) is 12.8 Å². The van der Waals surface area contributed by atoms with E-state index in [9.17, 15) is 9.59 Å². The van der Waals surface area contributed by atoms with Gasteiger partial charge in [0.15, 0.2) is 0 Å². The lowest BCUT2D eigenvalue weighted by Gasteiger charge is -2.17. The number of methoxy groups -OCH3 is 1. The largest absolute Gasteiger partial charge is 0.467 e. The van der Waals surface area contributed by atoms with Crippen LogP contribution >= 0.6 is 0 Å². The van der Waals surface area contributed by atoms with Gasteiger partial charge in [0, 0.05) is 6.08 Å². The number of amides is 1. The van der Waals surface area contributed by atoms with Crippen LogP contribution in [0.2, 0.25) is 0 Å². The lowest BCUT2D eigenvalue weighted by Crippen LogP contribution is -2.41. The van der Waals surface area contributed by atoms with Crippen LogP contribution in [0.1, 0.15) is 31.4 Å². The van der Waals surface area contributed by atoms with Crippen molar-refractivity contribution in [1.82, 2.24) is 5.32 Å². The van der Waals surface area contributed by atoms with E-state index < -0.39 is 12.0 Å². The summed E-state index contributed by atoms with van der Waals surface area (Å²) >= 11 is 0. The zero-order valence-corrected chi connectivity index (χ0v) is 13.1. The second-order valence-corrected chi connectivity index (χ2v) is 5.40. The topological polar surface area (TPSA) is 55.4 Å². The average molecular weight is 289 g/mol. The minimum absolute atomic E-state index is 0.287. The Hall–Kier alpha value is -2.10. The van der Waals surface area contributed by atoms with E-state index in [1.807, 2.05) is 45.0 Å². The van der Waals surface area contributed by atoms with Crippen LogP contribution in [-0.4, -0.2) is 25.0 Å². The SMILES string of the molecule is COC(=O)C(CC(C)C)NC(=O)/C=C/c1ccccc1C. The lowest BCUT2D eigenvalue weighted by atomic mass is 10.0. The smallest absolute Gasteiger partial charge is 0.328 e. The van der Waals surface area contributed by atoms with Gasteiger partial charge in [-0.05, 0) is 36.5 Å². The number of rotatable bonds is 6. The number of ether oxygens (including phenoxy) is 1. The molecule has 1 N–H and O–H groups in total. The first-order valence-corrected chi connectivity index (χ1v) is 7.06. The molecular formula is C17H23NO3. The first kappa shape index (κ1) is 17.0. The van der Waals surface area contributed by atoms with E-state index in [1.54, 1.807) is 6.08 Å². The fourth-order valence-electron chi connectivity index (χ4n) is 1.99. The molecule has 4 nitrogen and oxygen atoms in total. The van der Waals surface area contributed by atoms with Gasteiger partial charge in [0.1, 0.15) is 6.04 Å². The molecule has 0 heterocycles. The second kappa shape index (κ2) is 8.25. The van der Waals surface area contributed by atoms with Crippen LogP contribution in [0.15, 0.2) is 30.3 Å². The number of hydrogen-bond donors (Lipinski definition) is 1. The zero-order chi connectivity index (χ0) is 15.8. The van der Waals surface area contributed by atoms with Crippen LogP contribution in [0.25, 0.3) is 6.08 Å². The molecule has 21 heavy (non-hydrogen) atoms. The van der Waals surface area contributed by atoms with Gasteiger partial charge >= 0.3 is 5.97 Å². The second-order valence-electron chi connectivity index (χ2n) is 5.40. The maximum atomic E-state index is 11.9. The molecule has 0 spiro atoms. The molecule has 0 saturated heterocycles. The molecule has 1 aromatic rings. The van der Waals surface area contributed by atoms with Crippen LogP contribution < -0.4 is 5.32 Å². The summed E-state index contributed by atoms with van der Waals surface area (Å²) in [5.74, 6) is -0.426. The van der Waals surface area contributed by atoms with Crippen molar-refractivity contribution in [3.8, 4) is 0 Å². The van der Waals surface area contributed by atoms with Gasteiger partial charge in [-0.2, -0.15) is 0 Å². The number of aryl methyl sites for hydroxylation is 1. The quantitative estimate of drug-likeness (QED) is 0.647. The summed E-state index contributed by atoms with van der Waals surface area (Å²) in [6, 6.07) is 7.17. The summed E-state index contributed by atoms with van der Waals surface area (Å²) in [5.41, 5.74) is 2.07. The van der Waals surface area contributed by atoms with Gasteiger partial charge in [0.25, 0.3) is 0 Å². The van der Waals surface area contributed by atoms with Crippen LogP contribution in [0.5, 0.6) is 0 Å². The van der Waals surface area contributed by atoms with Crippen molar-refractivity contribution in [2.24, 2.45) is 5.92 Å². The van der Waals surface area contributed by atoms with Gasteiger partial charge in [-0.1, -0.05) is 38.1 Å². The van der Waals surface area contributed by atoms with E-state index in [4.69, 9.17) is 4.74 Å². The van der Waals surface area contributed by atoms with Crippen LogP contribution in [0.3, 0.4) is 0 Å². The molecule has 0 aromatic heterocycles. The van der Waals surface area contributed by atoms with Crippen molar-refractivity contribution in [2.45, 2.75) is 33.2 Å². The number of nitrogens with one attached hydrogen (secondary N) is 1. The van der Waals surface area contributed by atoms with E-state index in [1.165, 1.54) is 13.2 Å². The van der Waals surface area contributed by atoms with E-state index in [0.29, 0.717) is 6.42 Å². The van der Waals surface area contributed by atoms with Crippen molar-refractivity contribution in [3.63, 3.8) is 0 Å². The Labute approximate surface area is 126 Å². The van der Waals surface area contributed by atoms with Crippen molar-refractivity contribution >= 4 is 18.0 Å². The third kappa shape index (κ3) is 5.81. The molecule has 114 valence electrons. The van der Waals surface area contributed by atoms with Crippen molar-refractivity contribution < 1.29 is 14.3 Å². The molecule has 0 saturated carbocycles. The summed E-state index contributed by atoms with van der Waals surface area (Å²) in [4.78, 5) is 23.6. The van der Waals surface area contributed by atoms with Gasteiger partial charge in [-0.3, -0.25) is 4.79 Å². The minimum atomic E-state index is -0.607. The molecule has 0 aliphatic heterocycles. The summed E-state index contributed by atoms with van der Waals surface area (Å²) < 4.78 is 4.72. The molecule has 1 aromatic carbocycles. The Kier molecular flexibility index (Phi) is 6.66.